The van der Waals surface area contributed by atoms with E-state index >= 15 is 0 Å². The lowest BCUT2D eigenvalue weighted by molar-refractivity contribution is -0.142. The molecule has 0 heterocycles. The summed E-state index contributed by atoms with van der Waals surface area (Å²) < 4.78 is 9.53. The van der Waals surface area contributed by atoms with Gasteiger partial charge in [-0.2, -0.15) is 0 Å². The molecule has 1 atom stereocenters. The number of halogens is 1. The van der Waals surface area contributed by atoms with E-state index in [0.717, 1.165) is 5.56 Å². The highest BCUT2D eigenvalue weighted by Gasteiger charge is 2.20. The predicted octanol–water partition coefficient (Wildman–Crippen LogP) is 1.89. The van der Waals surface area contributed by atoms with Gasteiger partial charge < -0.3 is 14.8 Å². The Balaban J connectivity index is 2.29. The van der Waals surface area contributed by atoms with Crippen LogP contribution >= 0.6 is 15.9 Å². The number of hydrogen-bond acceptors (Lipinski definition) is 4. The fraction of sp³-hybridized carbons (Fsp3) is 0.385. The molecule has 0 saturated heterocycles. The van der Waals surface area contributed by atoms with Gasteiger partial charge in [0.05, 0.1) is 13.7 Å². The first-order valence-electron chi connectivity index (χ1n) is 5.78. The zero-order chi connectivity index (χ0) is 14.1. The second-order valence-electron chi connectivity index (χ2n) is 3.75. The number of carbonyl (C=O) groups excluding carboxylic acids is 2. The summed E-state index contributed by atoms with van der Waals surface area (Å²) in [4.78, 5) is 22.7. The molecule has 1 rings (SSSR count). The molecule has 6 heteroatoms. The predicted molar refractivity (Wildman–Crippen MR) is 74.2 cm³/mol. The summed E-state index contributed by atoms with van der Waals surface area (Å²) in [5.41, 5.74) is 1.08. The molecule has 0 aliphatic carbocycles. The first kappa shape index (κ1) is 15.5. The lowest BCUT2D eigenvalue weighted by Gasteiger charge is -2.13. The molecule has 1 amide bonds. The third-order valence-corrected chi connectivity index (χ3v) is 3.05. The van der Waals surface area contributed by atoms with Gasteiger partial charge in [-0.3, -0.25) is 0 Å². The molecular formula is C13H16BrNO4. The largest absolute Gasteiger partial charge is 0.467 e. The van der Waals surface area contributed by atoms with Crippen molar-refractivity contribution in [2.45, 2.75) is 12.5 Å². The number of nitrogens with one attached hydrogen (secondary N) is 1. The second-order valence-corrected chi connectivity index (χ2v) is 4.39. The lowest BCUT2D eigenvalue weighted by atomic mass is 10.2. The number of benzene rings is 1. The van der Waals surface area contributed by atoms with Crippen molar-refractivity contribution in [1.29, 1.82) is 0 Å². The number of carbonyl (C=O) groups is 2. The molecule has 1 aromatic rings. The van der Waals surface area contributed by atoms with Crippen LogP contribution in [0.25, 0.3) is 0 Å². The molecule has 0 aromatic heterocycles. The number of alkyl carbamates (subject to hydrolysis) is 1. The molecule has 0 saturated carbocycles. The van der Waals surface area contributed by atoms with Gasteiger partial charge in [-0.1, -0.05) is 46.3 Å². The molecule has 5 nitrogen and oxygen atoms in total. The Kier molecular flexibility index (Phi) is 6.95. The molecule has 0 radical (unpaired) electrons. The molecule has 0 aliphatic rings. The summed E-state index contributed by atoms with van der Waals surface area (Å²) in [6.45, 7) is 0.256. The van der Waals surface area contributed by atoms with Gasteiger partial charge in [-0.15, -0.1) is 0 Å². The third-order valence-electron chi connectivity index (χ3n) is 2.40. The fourth-order valence-corrected chi connectivity index (χ4v) is 1.82. The number of rotatable bonds is 6. The minimum Gasteiger partial charge on any atom is -0.467 e. The van der Waals surface area contributed by atoms with Crippen molar-refractivity contribution < 1.29 is 19.1 Å². The number of methoxy groups -OCH3 is 1. The van der Waals surface area contributed by atoms with E-state index in [0.29, 0.717) is 6.42 Å². The number of alkyl halides is 1. The monoisotopic (exact) mass is 329 g/mol. The fourth-order valence-electron chi connectivity index (χ4n) is 1.39. The quantitative estimate of drug-likeness (QED) is 0.639. The summed E-state index contributed by atoms with van der Waals surface area (Å²) in [5, 5.41) is 2.69. The van der Waals surface area contributed by atoms with E-state index in [1.807, 2.05) is 30.3 Å². The molecular weight excluding hydrogens is 314 g/mol. The van der Waals surface area contributed by atoms with E-state index < -0.39 is 18.1 Å². The number of ether oxygens (including phenoxy) is 2. The van der Waals surface area contributed by atoms with Gasteiger partial charge in [0.15, 0.2) is 0 Å². The van der Waals surface area contributed by atoms with Gasteiger partial charge >= 0.3 is 12.1 Å². The van der Waals surface area contributed by atoms with Crippen molar-refractivity contribution in [3.05, 3.63) is 35.9 Å². The van der Waals surface area contributed by atoms with E-state index in [9.17, 15) is 9.59 Å². The summed E-state index contributed by atoms with van der Waals surface area (Å²) in [5.74, 6) is -0.517. The highest BCUT2D eigenvalue weighted by atomic mass is 79.9. The van der Waals surface area contributed by atoms with E-state index in [1.165, 1.54) is 7.11 Å². The van der Waals surface area contributed by atoms with E-state index in [1.54, 1.807) is 0 Å². The summed E-state index contributed by atoms with van der Waals surface area (Å²) in [7, 11) is 1.26. The Hall–Kier alpha value is -1.56. The number of amides is 1. The Labute approximate surface area is 120 Å². The van der Waals surface area contributed by atoms with Crippen molar-refractivity contribution in [3.8, 4) is 0 Å². The first-order chi connectivity index (χ1) is 9.17. The van der Waals surface area contributed by atoms with Crippen LogP contribution in [-0.2, 0) is 20.7 Å². The Morgan fingerprint density at radius 3 is 2.58 bits per heavy atom. The second kappa shape index (κ2) is 8.53. The normalized spacial score (nSPS) is 11.5. The van der Waals surface area contributed by atoms with Crippen molar-refractivity contribution in [2.75, 3.05) is 19.0 Å². The van der Waals surface area contributed by atoms with Crippen LogP contribution < -0.4 is 5.32 Å². The minimum atomic E-state index is -0.741. The molecule has 0 fully saturated rings. The standard InChI is InChI=1S/C13H16BrNO4/c1-18-12(16)11(9-14)15-13(17)19-8-7-10-5-3-2-4-6-10/h2-6,11H,7-9H2,1H3,(H,15,17)/t11-/m0/s1. The van der Waals surface area contributed by atoms with Gasteiger partial charge in [0.1, 0.15) is 6.04 Å². The maximum absolute atomic E-state index is 11.5. The molecule has 1 aromatic carbocycles. The van der Waals surface area contributed by atoms with E-state index in [-0.39, 0.29) is 11.9 Å². The highest BCUT2D eigenvalue weighted by Crippen LogP contribution is 2.00. The smallest absolute Gasteiger partial charge is 0.407 e. The van der Waals surface area contributed by atoms with Gasteiger partial charge in [0, 0.05) is 11.8 Å². The Bertz CT molecular complexity index is 410. The molecule has 104 valence electrons. The number of hydrogen-bond donors (Lipinski definition) is 1. The first-order valence-corrected chi connectivity index (χ1v) is 6.90. The van der Waals surface area contributed by atoms with Gasteiger partial charge in [0.2, 0.25) is 0 Å². The van der Waals surface area contributed by atoms with Crippen LogP contribution in [0, 0.1) is 0 Å². The molecule has 1 N–H and O–H groups in total. The zero-order valence-electron chi connectivity index (χ0n) is 10.6. The summed E-state index contributed by atoms with van der Waals surface area (Å²) in [6.07, 6.45) is -0.00312. The zero-order valence-corrected chi connectivity index (χ0v) is 12.2. The van der Waals surface area contributed by atoms with Crippen molar-refractivity contribution >= 4 is 28.0 Å². The number of esters is 1. The summed E-state index contributed by atoms with van der Waals surface area (Å²) >= 11 is 3.12. The van der Waals surface area contributed by atoms with Crippen molar-refractivity contribution in [2.24, 2.45) is 0 Å². The van der Waals surface area contributed by atoms with Gasteiger partial charge in [-0.05, 0) is 5.56 Å². The van der Waals surface area contributed by atoms with Crippen LogP contribution in [0.5, 0.6) is 0 Å². The van der Waals surface area contributed by atoms with Crippen molar-refractivity contribution in [1.82, 2.24) is 5.32 Å². The third kappa shape index (κ3) is 5.74. The van der Waals surface area contributed by atoms with E-state index in [2.05, 4.69) is 26.0 Å². The Morgan fingerprint density at radius 2 is 2.00 bits per heavy atom. The minimum absolute atomic E-state index is 0.256. The molecule has 19 heavy (non-hydrogen) atoms. The maximum atomic E-state index is 11.5. The topological polar surface area (TPSA) is 64.6 Å². The van der Waals surface area contributed by atoms with Crippen LogP contribution in [0.1, 0.15) is 5.56 Å². The molecule has 0 bridgehead atoms. The molecule has 0 aliphatic heterocycles. The van der Waals surface area contributed by atoms with Gasteiger partial charge in [0.25, 0.3) is 0 Å². The molecule has 0 unspecified atom stereocenters. The van der Waals surface area contributed by atoms with Crippen LogP contribution in [0.3, 0.4) is 0 Å². The highest BCUT2D eigenvalue weighted by molar-refractivity contribution is 9.09. The van der Waals surface area contributed by atoms with E-state index in [4.69, 9.17) is 4.74 Å². The average Bonchev–Trinajstić information content (AvgIpc) is 2.45. The van der Waals surface area contributed by atoms with Crippen LogP contribution in [-0.4, -0.2) is 37.2 Å². The lowest BCUT2D eigenvalue weighted by Crippen LogP contribution is -2.43. The molecule has 0 spiro atoms. The van der Waals surface area contributed by atoms with Crippen molar-refractivity contribution in [3.63, 3.8) is 0 Å². The maximum Gasteiger partial charge on any atom is 0.407 e. The SMILES string of the molecule is COC(=O)[C@H](CBr)NC(=O)OCCc1ccccc1. The van der Waals surface area contributed by atoms with Gasteiger partial charge in [-0.25, -0.2) is 9.59 Å². The van der Waals surface area contributed by atoms with Crippen LogP contribution in [0.15, 0.2) is 30.3 Å². The Morgan fingerprint density at radius 1 is 1.32 bits per heavy atom. The van der Waals surface area contributed by atoms with Crippen LogP contribution in [0.2, 0.25) is 0 Å². The average molecular weight is 330 g/mol. The van der Waals surface area contributed by atoms with Crippen LogP contribution in [0.4, 0.5) is 4.79 Å². The summed E-state index contributed by atoms with van der Waals surface area (Å²) in [6, 6.07) is 8.94.